The van der Waals surface area contributed by atoms with Crippen LogP contribution in [0.3, 0.4) is 0 Å². The molecule has 1 aliphatic heterocycles. The number of rotatable bonds is 8. The van der Waals surface area contributed by atoms with E-state index in [1.54, 1.807) is 49.8 Å². The molecule has 0 saturated heterocycles. The standard InChI is InChI=1S/C32H26BrN3O5S/c1-4-40-31(38)28-19(2)35-32-36(29(28)23-13-14-26(39-3)24(33)15-23)30(37)27(42-32)16-22-7-5-6-8-25(22)41-18-21-11-9-20(17-34)10-12-21/h5-16,29H,4,18H2,1-3H3/b27-16-/t29-/m1/s1. The predicted octanol–water partition coefficient (Wildman–Crippen LogP) is 5.02. The Morgan fingerprint density at radius 2 is 1.90 bits per heavy atom. The third kappa shape index (κ3) is 5.79. The van der Waals surface area contributed by atoms with Crippen LogP contribution in [0.15, 0.2) is 92.3 Å². The molecular weight excluding hydrogens is 618 g/mol. The summed E-state index contributed by atoms with van der Waals surface area (Å²) in [4.78, 5) is 32.3. The molecule has 42 heavy (non-hydrogen) atoms. The number of fused-ring (bicyclic) bond motifs is 1. The smallest absolute Gasteiger partial charge is 0.338 e. The largest absolute Gasteiger partial charge is 0.496 e. The number of esters is 1. The Labute approximate surface area is 254 Å². The molecule has 1 aromatic heterocycles. The number of thiazole rings is 1. The Morgan fingerprint density at radius 3 is 2.60 bits per heavy atom. The summed E-state index contributed by atoms with van der Waals surface area (Å²) in [5.74, 6) is 0.709. The van der Waals surface area contributed by atoms with Crippen molar-refractivity contribution in [2.45, 2.75) is 26.5 Å². The summed E-state index contributed by atoms with van der Waals surface area (Å²) >= 11 is 4.78. The van der Waals surface area contributed by atoms with Crippen molar-refractivity contribution in [1.29, 1.82) is 5.26 Å². The van der Waals surface area contributed by atoms with Crippen LogP contribution in [0.4, 0.5) is 0 Å². The molecule has 1 aliphatic rings. The van der Waals surface area contributed by atoms with Gasteiger partial charge >= 0.3 is 5.97 Å². The van der Waals surface area contributed by atoms with Crippen LogP contribution >= 0.6 is 27.3 Å². The quantitative estimate of drug-likeness (QED) is 0.250. The van der Waals surface area contributed by atoms with Gasteiger partial charge in [0.1, 0.15) is 18.1 Å². The monoisotopic (exact) mass is 643 g/mol. The maximum absolute atomic E-state index is 14.0. The molecule has 0 bridgehead atoms. The fraction of sp³-hybridized carbons (Fsp3) is 0.188. The number of carbonyl (C=O) groups excluding carboxylic acids is 1. The average molecular weight is 645 g/mol. The van der Waals surface area contributed by atoms with E-state index in [0.717, 1.165) is 11.1 Å². The third-order valence-corrected chi connectivity index (χ3v) is 8.29. The summed E-state index contributed by atoms with van der Waals surface area (Å²) in [5, 5.41) is 9.04. The molecule has 0 saturated carbocycles. The number of halogens is 1. The molecule has 10 heteroatoms. The van der Waals surface area contributed by atoms with E-state index in [9.17, 15) is 9.59 Å². The predicted molar refractivity (Wildman–Crippen MR) is 163 cm³/mol. The summed E-state index contributed by atoms with van der Waals surface area (Å²) in [6.07, 6.45) is 1.78. The van der Waals surface area contributed by atoms with Crippen LogP contribution < -0.4 is 24.4 Å². The highest BCUT2D eigenvalue weighted by atomic mass is 79.9. The highest BCUT2D eigenvalue weighted by Gasteiger charge is 2.33. The highest BCUT2D eigenvalue weighted by molar-refractivity contribution is 9.10. The zero-order valence-electron chi connectivity index (χ0n) is 23.1. The lowest BCUT2D eigenvalue weighted by Gasteiger charge is -2.25. The summed E-state index contributed by atoms with van der Waals surface area (Å²) < 4.78 is 19.6. The minimum absolute atomic E-state index is 0.193. The van der Waals surface area contributed by atoms with Gasteiger partial charge in [0, 0.05) is 5.56 Å². The molecule has 0 radical (unpaired) electrons. The second kappa shape index (κ2) is 12.6. The second-order valence-electron chi connectivity index (χ2n) is 9.33. The summed E-state index contributed by atoms with van der Waals surface area (Å²) in [6.45, 7) is 3.98. The van der Waals surface area contributed by atoms with Crippen molar-refractivity contribution < 1.29 is 19.0 Å². The lowest BCUT2D eigenvalue weighted by molar-refractivity contribution is -0.139. The number of allylic oxidation sites excluding steroid dienone is 1. The lowest BCUT2D eigenvalue weighted by atomic mass is 9.96. The van der Waals surface area contributed by atoms with Gasteiger partial charge in [0.05, 0.1) is 51.7 Å². The molecule has 0 unspecified atom stereocenters. The first-order chi connectivity index (χ1) is 20.3. The van der Waals surface area contributed by atoms with Crippen molar-refractivity contribution in [2.75, 3.05) is 13.7 Å². The van der Waals surface area contributed by atoms with Gasteiger partial charge in [0.25, 0.3) is 5.56 Å². The Hall–Kier alpha value is -4.46. The van der Waals surface area contributed by atoms with E-state index in [1.165, 1.54) is 11.3 Å². The summed E-state index contributed by atoms with van der Waals surface area (Å²) in [7, 11) is 1.57. The SMILES string of the molecule is CCOC(=O)C1=C(C)N=c2s/c(=C\c3ccccc3OCc3ccc(C#N)cc3)c(=O)n2[C@@H]1c1ccc(OC)c(Br)c1. The Balaban J connectivity index is 1.59. The molecule has 1 atom stereocenters. The van der Waals surface area contributed by atoms with Gasteiger partial charge in [-0.15, -0.1) is 0 Å². The zero-order valence-corrected chi connectivity index (χ0v) is 25.5. The van der Waals surface area contributed by atoms with Gasteiger partial charge in [0.15, 0.2) is 4.80 Å². The molecule has 0 amide bonds. The third-order valence-electron chi connectivity index (χ3n) is 6.69. The highest BCUT2D eigenvalue weighted by Crippen LogP contribution is 2.35. The first-order valence-corrected chi connectivity index (χ1v) is 14.7. The molecular formula is C32H26BrN3O5S. The fourth-order valence-corrected chi connectivity index (χ4v) is 6.26. The number of aromatic nitrogens is 1. The van der Waals surface area contributed by atoms with Crippen LogP contribution in [0.25, 0.3) is 6.08 Å². The number of methoxy groups -OCH3 is 1. The maximum Gasteiger partial charge on any atom is 0.338 e. The number of para-hydroxylation sites is 1. The van der Waals surface area contributed by atoms with Gasteiger partial charge in [-0.1, -0.05) is 47.7 Å². The maximum atomic E-state index is 14.0. The number of ether oxygens (including phenoxy) is 3. The number of benzene rings is 3. The van der Waals surface area contributed by atoms with E-state index < -0.39 is 12.0 Å². The van der Waals surface area contributed by atoms with Gasteiger partial charge in [-0.3, -0.25) is 9.36 Å². The average Bonchev–Trinajstić information content (AvgIpc) is 3.30. The molecule has 4 aromatic rings. The molecule has 5 rings (SSSR count). The van der Waals surface area contributed by atoms with Crippen molar-refractivity contribution in [3.63, 3.8) is 0 Å². The van der Waals surface area contributed by atoms with Crippen LogP contribution in [-0.4, -0.2) is 24.3 Å². The van der Waals surface area contributed by atoms with Crippen LogP contribution in [0.5, 0.6) is 11.5 Å². The van der Waals surface area contributed by atoms with Crippen molar-refractivity contribution in [1.82, 2.24) is 4.57 Å². The molecule has 3 aromatic carbocycles. The van der Waals surface area contributed by atoms with Crippen LogP contribution in [0, 0.1) is 11.3 Å². The van der Waals surface area contributed by atoms with E-state index in [1.807, 2.05) is 48.5 Å². The minimum Gasteiger partial charge on any atom is -0.496 e. The molecule has 0 fully saturated rings. The van der Waals surface area contributed by atoms with Gasteiger partial charge < -0.3 is 14.2 Å². The van der Waals surface area contributed by atoms with Gasteiger partial charge in [-0.25, -0.2) is 9.79 Å². The number of hydrogen-bond donors (Lipinski definition) is 0. The number of carbonyl (C=O) groups is 1. The fourth-order valence-electron chi connectivity index (χ4n) is 4.67. The van der Waals surface area contributed by atoms with Crippen molar-refractivity contribution in [2.24, 2.45) is 4.99 Å². The number of hydrogen-bond acceptors (Lipinski definition) is 8. The normalized spacial score (nSPS) is 14.5. The van der Waals surface area contributed by atoms with Crippen molar-refractivity contribution >= 4 is 39.3 Å². The van der Waals surface area contributed by atoms with Crippen molar-refractivity contribution in [3.05, 3.63) is 124 Å². The topological polar surface area (TPSA) is 103 Å². The Bertz CT molecular complexity index is 1920. The molecule has 0 aliphatic carbocycles. The van der Waals surface area contributed by atoms with Crippen LogP contribution in [0.1, 0.15) is 42.1 Å². The van der Waals surface area contributed by atoms with Gasteiger partial charge in [-0.05, 0) is 77.3 Å². The Kier molecular flexibility index (Phi) is 8.71. The van der Waals surface area contributed by atoms with E-state index in [2.05, 4.69) is 27.0 Å². The zero-order chi connectivity index (χ0) is 29.8. The molecule has 8 nitrogen and oxygen atoms in total. The van der Waals surface area contributed by atoms with E-state index in [-0.39, 0.29) is 12.2 Å². The van der Waals surface area contributed by atoms with Crippen LogP contribution in [0.2, 0.25) is 0 Å². The molecule has 0 N–H and O–H groups in total. The van der Waals surface area contributed by atoms with E-state index >= 15 is 0 Å². The number of nitrogens with zero attached hydrogens (tertiary/aromatic N) is 3. The van der Waals surface area contributed by atoms with E-state index in [4.69, 9.17) is 19.5 Å². The van der Waals surface area contributed by atoms with Gasteiger partial charge in [0.2, 0.25) is 0 Å². The summed E-state index contributed by atoms with van der Waals surface area (Å²) in [6, 6.07) is 21.5. The molecule has 212 valence electrons. The lowest BCUT2D eigenvalue weighted by Crippen LogP contribution is -2.40. The second-order valence-corrected chi connectivity index (χ2v) is 11.2. The van der Waals surface area contributed by atoms with Crippen LogP contribution in [-0.2, 0) is 16.1 Å². The first kappa shape index (κ1) is 29.0. The molecule has 2 heterocycles. The molecule has 0 spiro atoms. The first-order valence-electron chi connectivity index (χ1n) is 13.1. The number of nitriles is 1. The van der Waals surface area contributed by atoms with E-state index in [0.29, 0.717) is 54.3 Å². The van der Waals surface area contributed by atoms with Gasteiger partial charge in [-0.2, -0.15) is 5.26 Å². The summed E-state index contributed by atoms with van der Waals surface area (Å²) in [5.41, 5.74) is 3.43. The van der Waals surface area contributed by atoms with Crippen molar-refractivity contribution in [3.8, 4) is 17.6 Å². The minimum atomic E-state index is -0.743. The Morgan fingerprint density at radius 1 is 1.14 bits per heavy atom.